The molecule has 7 rings (SSSR count). The maximum Gasteiger partial charge on any atom is 0.00276 e. The number of rotatable bonds is 3. The van der Waals surface area contributed by atoms with Gasteiger partial charge in [0, 0.05) is 11.8 Å². The summed E-state index contributed by atoms with van der Waals surface area (Å²) >= 11 is 0. The molecule has 5 aliphatic rings. The lowest BCUT2D eigenvalue weighted by Gasteiger charge is -2.46. The first kappa shape index (κ1) is 19.4. The highest BCUT2D eigenvalue weighted by molar-refractivity contribution is 5.67. The molecule has 5 aliphatic carbocycles. The quantitative estimate of drug-likeness (QED) is 0.465. The van der Waals surface area contributed by atoms with Gasteiger partial charge in [-0.15, -0.1) is 0 Å². The van der Waals surface area contributed by atoms with Crippen LogP contribution >= 0.6 is 0 Å². The molecule has 0 bridgehead atoms. The Kier molecular flexibility index (Phi) is 4.37. The van der Waals surface area contributed by atoms with Crippen LogP contribution in [0, 0.1) is 0 Å². The summed E-state index contributed by atoms with van der Waals surface area (Å²) in [5.74, 6) is 1.21. The van der Waals surface area contributed by atoms with E-state index in [1.807, 2.05) is 5.56 Å². The molecular formula is C32H36. The molecule has 0 nitrogen and oxygen atoms in total. The van der Waals surface area contributed by atoms with E-state index in [0.29, 0.717) is 22.7 Å². The minimum absolute atomic E-state index is 0.512. The van der Waals surface area contributed by atoms with Gasteiger partial charge in [-0.25, -0.2) is 0 Å². The Morgan fingerprint density at radius 3 is 1.84 bits per heavy atom. The molecule has 0 heteroatoms. The topological polar surface area (TPSA) is 0 Å². The SMILES string of the molecule is C1=CC(CCC2C=Cc3cc4c(cc32)C2(CCCC2)CCC42CCCC2)c2ccccc21. The highest BCUT2D eigenvalue weighted by Gasteiger charge is 2.49. The van der Waals surface area contributed by atoms with Crippen molar-refractivity contribution in [3.05, 3.63) is 81.9 Å². The molecule has 32 heavy (non-hydrogen) atoms. The van der Waals surface area contributed by atoms with E-state index >= 15 is 0 Å². The maximum absolute atomic E-state index is 2.75. The van der Waals surface area contributed by atoms with Gasteiger partial charge in [-0.05, 0) is 95.6 Å². The van der Waals surface area contributed by atoms with Crippen LogP contribution in [0.15, 0.2) is 48.6 Å². The Hall–Kier alpha value is -2.08. The number of hydrogen-bond acceptors (Lipinski definition) is 0. The van der Waals surface area contributed by atoms with Crippen LogP contribution in [0.1, 0.15) is 122 Å². The summed E-state index contributed by atoms with van der Waals surface area (Å²) in [5, 5.41) is 0. The lowest BCUT2D eigenvalue weighted by Crippen LogP contribution is -2.38. The first-order valence-electron chi connectivity index (χ1n) is 13.4. The lowest BCUT2D eigenvalue weighted by molar-refractivity contribution is 0.270. The van der Waals surface area contributed by atoms with E-state index < -0.39 is 0 Å². The Labute approximate surface area is 193 Å². The molecule has 0 N–H and O–H groups in total. The molecule has 2 spiro atoms. The molecule has 0 aliphatic heterocycles. The van der Waals surface area contributed by atoms with Crippen LogP contribution in [0.5, 0.6) is 0 Å². The smallest absolute Gasteiger partial charge is 0.00276 e. The number of benzene rings is 2. The van der Waals surface area contributed by atoms with Crippen LogP contribution in [0.3, 0.4) is 0 Å². The van der Waals surface area contributed by atoms with Gasteiger partial charge in [-0.3, -0.25) is 0 Å². The molecule has 2 fully saturated rings. The van der Waals surface area contributed by atoms with Gasteiger partial charge in [-0.2, -0.15) is 0 Å². The van der Waals surface area contributed by atoms with E-state index in [-0.39, 0.29) is 0 Å². The van der Waals surface area contributed by atoms with Crippen LogP contribution in [-0.2, 0) is 10.8 Å². The first-order valence-corrected chi connectivity index (χ1v) is 13.4. The predicted molar refractivity (Wildman–Crippen MR) is 135 cm³/mol. The zero-order chi connectivity index (χ0) is 21.2. The molecule has 2 aromatic carbocycles. The van der Waals surface area contributed by atoms with E-state index in [0.717, 1.165) is 0 Å². The molecule has 0 aromatic heterocycles. The fraction of sp³-hybridized carbons (Fsp3) is 0.500. The molecule has 2 atom stereocenters. The van der Waals surface area contributed by atoms with Crippen molar-refractivity contribution in [2.45, 2.75) is 99.7 Å². The van der Waals surface area contributed by atoms with Gasteiger partial charge in [0.15, 0.2) is 0 Å². The highest BCUT2D eigenvalue weighted by atomic mass is 14.5. The normalized spacial score (nSPS) is 27.9. The van der Waals surface area contributed by atoms with Crippen LogP contribution < -0.4 is 0 Å². The molecule has 2 unspecified atom stereocenters. The first-order chi connectivity index (χ1) is 15.8. The van der Waals surface area contributed by atoms with Crippen molar-refractivity contribution in [2.24, 2.45) is 0 Å². The molecule has 0 saturated heterocycles. The monoisotopic (exact) mass is 420 g/mol. The zero-order valence-corrected chi connectivity index (χ0v) is 19.4. The van der Waals surface area contributed by atoms with E-state index in [9.17, 15) is 0 Å². The number of hydrogen-bond donors (Lipinski definition) is 0. The third kappa shape index (κ3) is 2.81. The van der Waals surface area contributed by atoms with Crippen LogP contribution in [0.25, 0.3) is 12.2 Å². The fourth-order valence-electron chi connectivity index (χ4n) is 8.38. The summed E-state index contributed by atoms with van der Waals surface area (Å²) < 4.78 is 0. The molecule has 2 saturated carbocycles. The van der Waals surface area contributed by atoms with Crippen molar-refractivity contribution < 1.29 is 0 Å². The van der Waals surface area contributed by atoms with E-state index in [1.165, 1.54) is 88.2 Å². The second-order valence-electron chi connectivity index (χ2n) is 11.6. The van der Waals surface area contributed by atoms with Gasteiger partial charge in [0.25, 0.3) is 0 Å². The minimum atomic E-state index is 0.512. The highest BCUT2D eigenvalue weighted by Crippen LogP contribution is 2.59. The molecule has 0 radical (unpaired) electrons. The van der Waals surface area contributed by atoms with Crippen molar-refractivity contribution in [2.75, 3.05) is 0 Å². The van der Waals surface area contributed by atoms with E-state index in [2.05, 4.69) is 60.7 Å². The maximum atomic E-state index is 2.75. The Morgan fingerprint density at radius 1 is 0.594 bits per heavy atom. The Balaban J connectivity index is 1.21. The van der Waals surface area contributed by atoms with Gasteiger partial charge < -0.3 is 0 Å². The van der Waals surface area contributed by atoms with Gasteiger partial charge in [0.1, 0.15) is 0 Å². The summed E-state index contributed by atoms with van der Waals surface area (Å²) in [7, 11) is 0. The van der Waals surface area contributed by atoms with Gasteiger partial charge in [0.2, 0.25) is 0 Å². The molecular weight excluding hydrogens is 384 g/mol. The van der Waals surface area contributed by atoms with Crippen LogP contribution in [0.4, 0.5) is 0 Å². The average Bonchev–Trinajstić information content (AvgIpc) is 3.62. The Bertz CT molecular complexity index is 1100. The van der Waals surface area contributed by atoms with E-state index in [4.69, 9.17) is 0 Å². The second-order valence-corrected chi connectivity index (χ2v) is 11.6. The van der Waals surface area contributed by atoms with Crippen LogP contribution in [-0.4, -0.2) is 0 Å². The molecule has 0 heterocycles. The summed E-state index contributed by atoms with van der Waals surface area (Å²) in [6.07, 6.45) is 26.7. The van der Waals surface area contributed by atoms with Gasteiger partial charge in [-0.1, -0.05) is 86.4 Å². The van der Waals surface area contributed by atoms with Crippen molar-refractivity contribution in [3.63, 3.8) is 0 Å². The standard InChI is InChI=1S/C32H36/c1-2-8-27-23(7-1)9-10-24(27)11-12-25-13-14-26-21-29-30(22-28(25)26)32(17-5-6-18-32)20-19-31(29)15-3-4-16-31/h1-2,7-10,13-14,21-22,24-25H,3-6,11-12,15-20H2. The summed E-state index contributed by atoms with van der Waals surface area (Å²) in [6.45, 7) is 0. The van der Waals surface area contributed by atoms with Crippen molar-refractivity contribution >= 4 is 12.2 Å². The zero-order valence-electron chi connectivity index (χ0n) is 19.4. The van der Waals surface area contributed by atoms with Crippen molar-refractivity contribution in [1.29, 1.82) is 0 Å². The molecule has 2 aromatic rings. The van der Waals surface area contributed by atoms with Gasteiger partial charge >= 0.3 is 0 Å². The summed E-state index contributed by atoms with van der Waals surface area (Å²) in [5.41, 5.74) is 10.8. The molecule has 164 valence electrons. The second kappa shape index (κ2) is 7.21. The van der Waals surface area contributed by atoms with Crippen molar-refractivity contribution in [1.82, 2.24) is 0 Å². The van der Waals surface area contributed by atoms with Gasteiger partial charge in [0.05, 0.1) is 0 Å². The average molecular weight is 421 g/mol. The number of allylic oxidation sites excluding steroid dienone is 2. The Morgan fingerprint density at radius 2 is 1.16 bits per heavy atom. The summed E-state index contributed by atoms with van der Waals surface area (Å²) in [4.78, 5) is 0. The van der Waals surface area contributed by atoms with E-state index in [1.54, 1.807) is 16.7 Å². The third-order valence-electron chi connectivity index (χ3n) is 10.2. The minimum Gasteiger partial charge on any atom is -0.0764 e. The predicted octanol–water partition coefficient (Wildman–Crippen LogP) is 8.81. The van der Waals surface area contributed by atoms with Crippen LogP contribution in [0.2, 0.25) is 0 Å². The third-order valence-corrected chi connectivity index (χ3v) is 10.2. The number of fused-ring (bicyclic) bond motifs is 5. The summed E-state index contributed by atoms with van der Waals surface area (Å²) in [6, 6.07) is 14.4. The largest absolute Gasteiger partial charge is 0.0764 e. The van der Waals surface area contributed by atoms with Crippen molar-refractivity contribution in [3.8, 4) is 0 Å². The molecule has 0 amide bonds. The fourth-order valence-corrected chi connectivity index (χ4v) is 8.38. The lowest BCUT2D eigenvalue weighted by atomic mass is 9.58.